The van der Waals surface area contributed by atoms with Gasteiger partial charge in [0, 0.05) is 0 Å². The molecule has 0 saturated carbocycles. The van der Waals surface area contributed by atoms with Gasteiger partial charge in [0.15, 0.2) is 6.17 Å². The summed E-state index contributed by atoms with van der Waals surface area (Å²) in [5.41, 5.74) is 0. The molecular weight excluding hydrogens is 279 g/mol. The summed E-state index contributed by atoms with van der Waals surface area (Å²) in [4.78, 5) is 10.3. The maximum Gasteiger partial charge on any atom is 0.338 e. The van der Waals surface area contributed by atoms with Gasteiger partial charge in [-0.05, 0) is 12.8 Å². The van der Waals surface area contributed by atoms with E-state index in [9.17, 15) is 9.18 Å². The van der Waals surface area contributed by atoms with Crippen LogP contribution in [0, 0.1) is 0 Å². The molecule has 0 bridgehead atoms. The SMILES string of the molecule is CCCCCCCCCCCCCCCCCC(F)C(=O)O. The molecule has 132 valence electrons. The lowest BCUT2D eigenvalue weighted by Gasteiger charge is -2.04. The standard InChI is InChI=1S/C19H37FO2/c1-2-3-4-5-6-7-8-9-10-11-12-13-14-15-16-17-18(20)19(21)22/h18H,2-17H2,1H3,(H,21,22). The van der Waals surface area contributed by atoms with Gasteiger partial charge in [-0.2, -0.15) is 0 Å². The van der Waals surface area contributed by atoms with Crippen LogP contribution in [0.25, 0.3) is 0 Å². The molecular formula is C19H37FO2. The number of hydrogen-bond donors (Lipinski definition) is 1. The average molecular weight is 317 g/mol. The monoisotopic (exact) mass is 316 g/mol. The largest absolute Gasteiger partial charge is 0.479 e. The number of alkyl halides is 1. The predicted octanol–water partition coefficient (Wildman–Crippen LogP) is 6.67. The molecule has 0 saturated heterocycles. The Morgan fingerprint density at radius 1 is 0.727 bits per heavy atom. The molecule has 0 fully saturated rings. The van der Waals surface area contributed by atoms with E-state index in [1.807, 2.05) is 0 Å². The van der Waals surface area contributed by atoms with Crippen molar-refractivity contribution < 1.29 is 14.3 Å². The Kier molecular flexibility index (Phi) is 16.3. The highest BCUT2D eigenvalue weighted by Gasteiger charge is 2.13. The van der Waals surface area contributed by atoms with E-state index in [-0.39, 0.29) is 6.42 Å². The maximum absolute atomic E-state index is 12.8. The molecule has 0 aliphatic heterocycles. The zero-order chi connectivity index (χ0) is 16.5. The van der Waals surface area contributed by atoms with E-state index in [1.165, 1.54) is 77.0 Å². The Hall–Kier alpha value is -0.600. The quantitative estimate of drug-likeness (QED) is 0.304. The summed E-state index contributed by atoms with van der Waals surface area (Å²) >= 11 is 0. The summed E-state index contributed by atoms with van der Waals surface area (Å²) in [5.74, 6) is -1.31. The van der Waals surface area contributed by atoms with E-state index in [0.717, 1.165) is 12.8 Å². The third kappa shape index (κ3) is 15.8. The molecule has 1 unspecified atom stereocenters. The number of aliphatic carboxylic acids is 1. The molecule has 2 nitrogen and oxygen atoms in total. The van der Waals surface area contributed by atoms with Crippen LogP contribution < -0.4 is 0 Å². The maximum atomic E-state index is 12.8. The van der Waals surface area contributed by atoms with Gasteiger partial charge in [0.1, 0.15) is 0 Å². The summed E-state index contributed by atoms with van der Waals surface area (Å²) in [7, 11) is 0. The van der Waals surface area contributed by atoms with Crippen LogP contribution in [0.1, 0.15) is 110 Å². The fraction of sp³-hybridized carbons (Fsp3) is 0.947. The minimum Gasteiger partial charge on any atom is -0.479 e. The molecule has 0 rings (SSSR count). The molecule has 0 aliphatic rings. The van der Waals surface area contributed by atoms with Crippen molar-refractivity contribution in [3.8, 4) is 0 Å². The number of hydrogen-bond acceptors (Lipinski definition) is 1. The molecule has 1 atom stereocenters. The highest BCUT2D eigenvalue weighted by atomic mass is 19.1. The average Bonchev–Trinajstić information content (AvgIpc) is 2.50. The summed E-state index contributed by atoms with van der Waals surface area (Å²) in [6.45, 7) is 2.26. The van der Waals surface area contributed by atoms with Crippen LogP contribution in [-0.2, 0) is 4.79 Å². The van der Waals surface area contributed by atoms with Crippen molar-refractivity contribution in [2.24, 2.45) is 0 Å². The highest BCUT2D eigenvalue weighted by Crippen LogP contribution is 2.14. The second-order valence-corrected chi connectivity index (χ2v) is 6.54. The first-order valence-corrected chi connectivity index (χ1v) is 9.55. The van der Waals surface area contributed by atoms with Gasteiger partial charge in [0.25, 0.3) is 0 Å². The fourth-order valence-corrected chi connectivity index (χ4v) is 2.82. The fourth-order valence-electron chi connectivity index (χ4n) is 2.82. The van der Waals surface area contributed by atoms with Gasteiger partial charge < -0.3 is 5.11 Å². The predicted molar refractivity (Wildman–Crippen MR) is 92.1 cm³/mol. The Balaban J connectivity index is 3.04. The summed E-state index contributed by atoms with van der Waals surface area (Å²) in [6.07, 6.45) is 17.5. The van der Waals surface area contributed by atoms with Crippen molar-refractivity contribution in [3.05, 3.63) is 0 Å². The molecule has 0 aliphatic carbocycles. The van der Waals surface area contributed by atoms with Crippen LogP contribution in [0.15, 0.2) is 0 Å². The number of carboxylic acid groups (broad SMARTS) is 1. The van der Waals surface area contributed by atoms with E-state index in [1.54, 1.807) is 0 Å². The topological polar surface area (TPSA) is 37.3 Å². The minimum atomic E-state index is -1.66. The van der Waals surface area contributed by atoms with Gasteiger partial charge >= 0.3 is 5.97 Å². The number of halogens is 1. The van der Waals surface area contributed by atoms with Gasteiger partial charge in [0.2, 0.25) is 0 Å². The number of carbonyl (C=O) groups is 1. The van der Waals surface area contributed by atoms with E-state index < -0.39 is 12.1 Å². The third-order valence-corrected chi connectivity index (χ3v) is 4.33. The lowest BCUT2D eigenvalue weighted by molar-refractivity contribution is -0.143. The lowest BCUT2D eigenvalue weighted by Crippen LogP contribution is -2.13. The molecule has 0 aromatic rings. The van der Waals surface area contributed by atoms with Crippen molar-refractivity contribution in [3.63, 3.8) is 0 Å². The lowest BCUT2D eigenvalue weighted by atomic mass is 10.0. The van der Waals surface area contributed by atoms with Crippen LogP contribution in [0.5, 0.6) is 0 Å². The zero-order valence-corrected chi connectivity index (χ0v) is 14.6. The van der Waals surface area contributed by atoms with Gasteiger partial charge in [-0.1, -0.05) is 96.8 Å². The van der Waals surface area contributed by atoms with Crippen molar-refractivity contribution in [1.29, 1.82) is 0 Å². The molecule has 22 heavy (non-hydrogen) atoms. The number of carboxylic acids is 1. The first kappa shape index (κ1) is 21.4. The van der Waals surface area contributed by atoms with Gasteiger partial charge in [0.05, 0.1) is 0 Å². The van der Waals surface area contributed by atoms with Gasteiger partial charge in [-0.25, -0.2) is 9.18 Å². The Bertz CT molecular complexity index is 244. The summed E-state index contributed by atoms with van der Waals surface area (Å²) in [6, 6.07) is 0. The normalized spacial score (nSPS) is 12.5. The van der Waals surface area contributed by atoms with Crippen LogP contribution in [-0.4, -0.2) is 17.2 Å². The highest BCUT2D eigenvalue weighted by molar-refractivity contribution is 5.71. The van der Waals surface area contributed by atoms with Gasteiger partial charge in [-0.15, -0.1) is 0 Å². The summed E-state index contributed by atoms with van der Waals surface area (Å²) in [5, 5.41) is 8.42. The zero-order valence-electron chi connectivity index (χ0n) is 14.6. The van der Waals surface area contributed by atoms with E-state index >= 15 is 0 Å². The molecule has 0 amide bonds. The van der Waals surface area contributed by atoms with Gasteiger partial charge in [-0.3, -0.25) is 0 Å². The van der Waals surface area contributed by atoms with Crippen molar-refractivity contribution in [1.82, 2.24) is 0 Å². The number of rotatable bonds is 17. The first-order valence-electron chi connectivity index (χ1n) is 9.55. The Morgan fingerprint density at radius 2 is 1.05 bits per heavy atom. The molecule has 0 heterocycles. The number of unbranched alkanes of at least 4 members (excludes halogenated alkanes) is 14. The van der Waals surface area contributed by atoms with E-state index in [0.29, 0.717) is 6.42 Å². The minimum absolute atomic E-state index is 0.174. The van der Waals surface area contributed by atoms with Crippen LogP contribution in [0.4, 0.5) is 4.39 Å². The molecule has 3 heteroatoms. The van der Waals surface area contributed by atoms with Crippen LogP contribution in [0.2, 0.25) is 0 Å². The van der Waals surface area contributed by atoms with Crippen molar-refractivity contribution in [2.75, 3.05) is 0 Å². The molecule has 1 N–H and O–H groups in total. The van der Waals surface area contributed by atoms with E-state index in [2.05, 4.69) is 6.92 Å². The van der Waals surface area contributed by atoms with E-state index in [4.69, 9.17) is 5.11 Å². The molecule has 0 radical (unpaired) electrons. The van der Waals surface area contributed by atoms with Crippen molar-refractivity contribution in [2.45, 2.75) is 116 Å². The van der Waals surface area contributed by atoms with Crippen LogP contribution in [0.3, 0.4) is 0 Å². The second kappa shape index (κ2) is 16.8. The Labute approximate surface area is 136 Å². The third-order valence-electron chi connectivity index (χ3n) is 4.33. The van der Waals surface area contributed by atoms with Crippen molar-refractivity contribution >= 4 is 5.97 Å². The smallest absolute Gasteiger partial charge is 0.338 e. The molecule has 0 aromatic heterocycles. The molecule has 0 spiro atoms. The Morgan fingerprint density at radius 3 is 1.36 bits per heavy atom. The molecule has 0 aromatic carbocycles. The first-order chi connectivity index (χ1) is 10.7. The second-order valence-electron chi connectivity index (χ2n) is 6.54. The summed E-state index contributed by atoms with van der Waals surface area (Å²) < 4.78 is 12.8. The van der Waals surface area contributed by atoms with Crippen LogP contribution >= 0.6 is 0 Å².